The van der Waals surface area contributed by atoms with Gasteiger partial charge in [-0.3, -0.25) is 0 Å². The van der Waals surface area contributed by atoms with Crippen LogP contribution in [0.3, 0.4) is 0 Å². The molecule has 2 aromatic rings. The summed E-state index contributed by atoms with van der Waals surface area (Å²) < 4.78 is 5.16. The zero-order chi connectivity index (χ0) is 13.7. The molecule has 0 saturated carbocycles. The Bertz CT molecular complexity index is 540. The molecule has 2 aromatic carbocycles. The number of nitrogens with one attached hydrogen (secondary N) is 1. The van der Waals surface area contributed by atoms with Crippen molar-refractivity contribution in [3.05, 3.63) is 59.7 Å². The third-order valence-corrected chi connectivity index (χ3v) is 3.12. The van der Waals surface area contributed by atoms with Gasteiger partial charge < -0.3 is 15.2 Å². The summed E-state index contributed by atoms with van der Waals surface area (Å²) >= 11 is 0. The summed E-state index contributed by atoms with van der Waals surface area (Å²) in [5, 5.41) is 13.4. The smallest absolute Gasteiger partial charge is 0.120 e. The van der Waals surface area contributed by atoms with Crippen molar-refractivity contribution in [3.63, 3.8) is 0 Å². The Balaban J connectivity index is 2.00. The predicted molar refractivity (Wildman–Crippen MR) is 77.6 cm³/mol. The fourth-order valence-electron chi connectivity index (χ4n) is 2.02. The zero-order valence-electron chi connectivity index (χ0n) is 11.3. The first-order valence-corrected chi connectivity index (χ1v) is 6.32. The van der Waals surface area contributed by atoms with Gasteiger partial charge in [0.05, 0.1) is 13.2 Å². The van der Waals surface area contributed by atoms with Crippen molar-refractivity contribution in [2.24, 2.45) is 0 Å². The largest absolute Gasteiger partial charge is 0.497 e. The quantitative estimate of drug-likeness (QED) is 0.864. The first-order chi connectivity index (χ1) is 9.20. The van der Waals surface area contributed by atoms with Crippen molar-refractivity contribution in [3.8, 4) is 5.75 Å². The van der Waals surface area contributed by atoms with Crippen LogP contribution < -0.4 is 10.1 Å². The van der Waals surface area contributed by atoms with Crippen LogP contribution in [0.1, 0.15) is 17.2 Å². The standard InChI is InChI=1S/C16H19NO2/c1-12-6-3-4-9-15(12)16(18)11-17-13-7-5-8-14(10-13)19-2/h3-10,16-18H,11H2,1-2H3. The van der Waals surface area contributed by atoms with Crippen molar-refractivity contribution in [2.75, 3.05) is 19.0 Å². The lowest BCUT2D eigenvalue weighted by Gasteiger charge is -2.15. The van der Waals surface area contributed by atoms with Crippen LogP contribution in [0.25, 0.3) is 0 Å². The minimum absolute atomic E-state index is 0.470. The van der Waals surface area contributed by atoms with Gasteiger partial charge in [-0.2, -0.15) is 0 Å². The normalized spacial score (nSPS) is 11.9. The third-order valence-electron chi connectivity index (χ3n) is 3.12. The van der Waals surface area contributed by atoms with Gasteiger partial charge >= 0.3 is 0 Å². The summed E-state index contributed by atoms with van der Waals surface area (Å²) in [6, 6.07) is 15.5. The van der Waals surface area contributed by atoms with Crippen LogP contribution in [-0.4, -0.2) is 18.8 Å². The summed E-state index contributed by atoms with van der Waals surface area (Å²) in [6.45, 7) is 2.47. The molecular formula is C16H19NO2. The van der Waals surface area contributed by atoms with Crippen LogP contribution in [0.2, 0.25) is 0 Å². The average Bonchev–Trinajstić information content (AvgIpc) is 2.45. The van der Waals surface area contributed by atoms with E-state index in [4.69, 9.17) is 4.74 Å². The zero-order valence-corrected chi connectivity index (χ0v) is 11.3. The van der Waals surface area contributed by atoms with Gasteiger partial charge in [0.1, 0.15) is 5.75 Å². The fraction of sp³-hybridized carbons (Fsp3) is 0.250. The molecule has 0 aromatic heterocycles. The first kappa shape index (κ1) is 13.4. The highest BCUT2D eigenvalue weighted by Gasteiger charge is 2.09. The van der Waals surface area contributed by atoms with E-state index >= 15 is 0 Å². The van der Waals surface area contributed by atoms with E-state index in [2.05, 4.69) is 5.32 Å². The van der Waals surface area contributed by atoms with Gasteiger partial charge in [0, 0.05) is 18.3 Å². The van der Waals surface area contributed by atoms with Gasteiger partial charge in [-0.15, -0.1) is 0 Å². The van der Waals surface area contributed by atoms with Gasteiger partial charge in [-0.1, -0.05) is 30.3 Å². The number of methoxy groups -OCH3 is 1. The van der Waals surface area contributed by atoms with Gasteiger partial charge in [0.25, 0.3) is 0 Å². The molecule has 19 heavy (non-hydrogen) atoms. The summed E-state index contributed by atoms with van der Waals surface area (Å²) in [7, 11) is 1.64. The van der Waals surface area contributed by atoms with E-state index in [0.717, 1.165) is 22.6 Å². The molecule has 1 atom stereocenters. The maximum atomic E-state index is 10.2. The lowest BCUT2D eigenvalue weighted by molar-refractivity contribution is 0.191. The van der Waals surface area contributed by atoms with Crippen molar-refractivity contribution < 1.29 is 9.84 Å². The van der Waals surface area contributed by atoms with E-state index in [9.17, 15) is 5.11 Å². The van der Waals surface area contributed by atoms with E-state index < -0.39 is 6.10 Å². The molecule has 0 saturated heterocycles. The molecular weight excluding hydrogens is 238 g/mol. The molecule has 3 heteroatoms. The van der Waals surface area contributed by atoms with E-state index in [1.807, 2.05) is 55.5 Å². The second-order valence-corrected chi connectivity index (χ2v) is 4.49. The Labute approximate surface area is 113 Å². The highest BCUT2D eigenvalue weighted by atomic mass is 16.5. The van der Waals surface area contributed by atoms with Crippen LogP contribution in [0.5, 0.6) is 5.75 Å². The molecule has 2 N–H and O–H groups in total. The molecule has 0 aliphatic rings. The Hall–Kier alpha value is -2.00. The number of hydrogen-bond donors (Lipinski definition) is 2. The maximum Gasteiger partial charge on any atom is 0.120 e. The fourth-order valence-corrected chi connectivity index (χ4v) is 2.02. The number of anilines is 1. The molecule has 0 aliphatic carbocycles. The molecule has 0 radical (unpaired) electrons. The second-order valence-electron chi connectivity index (χ2n) is 4.49. The maximum absolute atomic E-state index is 10.2. The second kappa shape index (κ2) is 6.25. The lowest BCUT2D eigenvalue weighted by Crippen LogP contribution is -2.13. The minimum atomic E-state index is -0.521. The van der Waals surface area contributed by atoms with E-state index in [-0.39, 0.29) is 0 Å². The SMILES string of the molecule is COc1cccc(NCC(O)c2ccccc2C)c1. The summed E-state index contributed by atoms with van der Waals surface area (Å²) in [4.78, 5) is 0. The first-order valence-electron chi connectivity index (χ1n) is 6.32. The molecule has 2 rings (SSSR count). The lowest BCUT2D eigenvalue weighted by atomic mass is 10.0. The number of aryl methyl sites for hydroxylation is 1. The molecule has 3 nitrogen and oxygen atoms in total. The summed E-state index contributed by atoms with van der Waals surface area (Å²) in [5.41, 5.74) is 2.99. The molecule has 0 aliphatic heterocycles. The Morgan fingerprint density at radius 2 is 1.95 bits per heavy atom. The van der Waals surface area contributed by atoms with E-state index in [1.54, 1.807) is 7.11 Å². The molecule has 0 spiro atoms. The molecule has 0 amide bonds. The van der Waals surface area contributed by atoms with Gasteiger partial charge in [0.2, 0.25) is 0 Å². The number of hydrogen-bond acceptors (Lipinski definition) is 3. The number of benzene rings is 2. The average molecular weight is 257 g/mol. The number of aliphatic hydroxyl groups is 1. The van der Waals surface area contributed by atoms with Crippen LogP contribution in [0.4, 0.5) is 5.69 Å². The monoisotopic (exact) mass is 257 g/mol. The van der Waals surface area contributed by atoms with Crippen LogP contribution >= 0.6 is 0 Å². The van der Waals surface area contributed by atoms with E-state index in [0.29, 0.717) is 6.54 Å². The Kier molecular flexibility index (Phi) is 4.42. The molecule has 0 bridgehead atoms. The number of rotatable bonds is 5. The van der Waals surface area contributed by atoms with Gasteiger partial charge in [-0.05, 0) is 30.2 Å². The molecule has 0 fully saturated rings. The molecule has 0 heterocycles. The minimum Gasteiger partial charge on any atom is -0.497 e. The highest BCUT2D eigenvalue weighted by molar-refractivity contribution is 5.48. The van der Waals surface area contributed by atoms with Gasteiger partial charge in [-0.25, -0.2) is 0 Å². The number of aliphatic hydroxyl groups excluding tert-OH is 1. The van der Waals surface area contributed by atoms with Crippen molar-refractivity contribution in [1.29, 1.82) is 0 Å². The third kappa shape index (κ3) is 3.48. The molecule has 1 unspecified atom stereocenters. The highest BCUT2D eigenvalue weighted by Crippen LogP contribution is 2.20. The van der Waals surface area contributed by atoms with Crippen LogP contribution in [0.15, 0.2) is 48.5 Å². The van der Waals surface area contributed by atoms with Crippen LogP contribution in [0, 0.1) is 6.92 Å². The van der Waals surface area contributed by atoms with Crippen LogP contribution in [-0.2, 0) is 0 Å². The Morgan fingerprint density at radius 3 is 2.68 bits per heavy atom. The van der Waals surface area contributed by atoms with Gasteiger partial charge in [0.15, 0.2) is 0 Å². The van der Waals surface area contributed by atoms with Crippen molar-refractivity contribution in [2.45, 2.75) is 13.0 Å². The predicted octanol–water partition coefficient (Wildman–Crippen LogP) is 3.15. The number of ether oxygens (including phenoxy) is 1. The Morgan fingerprint density at radius 1 is 1.16 bits per heavy atom. The van der Waals surface area contributed by atoms with Crippen molar-refractivity contribution in [1.82, 2.24) is 0 Å². The summed E-state index contributed by atoms with van der Waals surface area (Å²) in [6.07, 6.45) is -0.521. The molecule has 100 valence electrons. The van der Waals surface area contributed by atoms with E-state index in [1.165, 1.54) is 0 Å². The summed E-state index contributed by atoms with van der Waals surface area (Å²) in [5.74, 6) is 0.801. The topological polar surface area (TPSA) is 41.5 Å². The van der Waals surface area contributed by atoms with Crippen molar-refractivity contribution >= 4 is 5.69 Å².